The molecule has 0 spiro atoms. The maximum Gasteiger partial charge on any atom is 0.134 e. The first-order valence-corrected chi connectivity index (χ1v) is 5.71. The minimum atomic E-state index is 0.941. The SMILES string of the molecule is c1ccc2c3c4ccccc4occ-3cc2c1. The standard InChI is InChI=1S/C16H10O/c1-2-6-13-11(5-1)9-12-10-17-15-8-4-3-7-14(15)16(12)13/h1-10H. The van der Waals surface area contributed by atoms with E-state index in [0.717, 1.165) is 5.58 Å². The van der Waals surface area contributed by atoms with Gasteiger partial charge in [0.2, 0.25) is 0 Å². The number of hydrogen-bond acceptors (Lipinski definition) is 1. The summed E-state index contributed by atoms with van der Waals surface area (Å²) in [4.78, 5) is 0. The summed E-state index contributed by atoms with van der Waals surface area (Å²) in [7, 11) is 0. The third-order valence-electron chi connectivity index (χ3n) is 3.30. The summed E-state index contributed by atoms with van der Waals surface area (Å²) in [5, 5.41) is 3.76. The minimum Gasteiger partial charge on any atom is -0.464 e. The molecular formula is C16H10O. The molecule has 1 nitrogen and oxygen atoms in total. The average molecular weight is 218 g/mol. The highest BCUT2D eigenvalue weighted by Crippen LogP contribution is 2.39. The molecule has 0 N–H and O–H groups in total. The molecule has 0 atom stereocenters. The zero-order chi connectivity index (χ0) is 11.2. The quantitative estimate of drug-likeness (QED) is 0.417. The van der Waals surface area contributed by atoms with E-state index in [1.165, 1.54) is 27.3 Å². The maximum absolute atomic E-state index is 5.65. The second kappa shape index (κ2) is 3.11. The molecule has 0 amide bonds. The van der Waals surface area contributed by atoms with E-state index in [-0.39, 0.29) is 0 Å². The molecule has 0 radical (unpaired) electrons. The Hall–Kier alpha value is -2.28. The lowest BCUT2D eigenvalue weighted by atomic mass is 10.0. The predicted molar refractivity (Wildman–Crippen MR) is 70.3 cm³/mol. The number of rotatable bonds is 0. The Morgan fingerprint density at radius 1 is 0.765 bits per heavy atom. The number of benzene rings is 2. The lowest BCUT2D eigenvalue weighted by Crippen LogP contribution is -1.78. The fourth-order valence-electron chi connectivity index (χ4n) is 2.54. The van der Waals surface area contributed by atoms with Crippen molar-refractivity contribution < 1.29 is 4.42 Å². The van der Waals surface area contributed by atoms with E-state index in [1.54, 1.807) is 0 Å². The molecule has 1 heteroatoms. The molecule has 1 heterocycles. The second-order valence-corrected chi connectivity index (χ2v) is 4.29. The highest BCUT2D eigenvalue weighted by molar-refractivity contribution is 6.11. The van der Waals surface area contributed by atoms with Gasteiger partial charge in [-0.1, -0.05) is 42.5 Å². The molecule has 80 valence electrons. The molecular weight excluding hydrogens is 208 g/mol. The summed E-state index contributed by atoms with van der Waals surface area (Å²) in [6, 6.07) is 18.8. The molecule has 1 aliphatic heterocycles. The van der Waals surface area contributed by atoms with E-state index in [4.69, 9.17) is 4.42 Å². The van der Waals surface area contributed by atoms with Crippen molar-refractivity contribution in [2.24, 2.45) is 0 Å². The average Bonchev–Trinajstić information content (AvgIpc) is 2.77. The number of fused-ring (bicyclic) bond motifs is 5. The van der Waals surface area contributed by atoms with Crippen LogP contribution in [-0.4, -0.2) is 0 Å². The van der Waals surface area contributed by atoms with Crippen molar-refractivity contribution in [1.82, 2.24) is 0 Å². The highest BCUT2D eigenvalue weighted by Gasteiger charge is 2.13. The zero-order valence-corrected chi connectivity index (χ0v) is 9.18. The summed E-state index contributed by atoms with van der Waals surface area (Å²) in [5.74, 6) is 0. The van der Waals surface area contributed by atoms with Gasteiger partial charge in [0.25, 0.3) is 0 Å². The van der Waals surface area contributed by atoms with Crippen LogP contribution in [0.2, 0.25) is 0 Å². The van der Waals surface area contributed by atoms with Crippen molar-refractivity contribution in [3.8, 4) is 11.1 Å². The molecule has 0 saturated carbocycles. The molecule has 2 aliphatic rings. The zero-order valence-electron chi connectivity index (χ0n) is 9.18. The van der Waals surface area contributed by atoms with E-state index >= 15 is 0 Å². The molecule has 0 bridgehead atoms. The Kier molecular flexibility index (Phi) is 1.61. The van der Waals surface area contributed by atoms with Crippen molar-refractivity contribution in [3.05, 3.63) is 60.9 Å². The van der Waals surface area contributed by atoms with Crippen molar-refractivity contribution >= 4 is 21.7 Å². The van der Waals surface area contributed by atoms with Crippen LogP contribution in [0.3, 0.4) is 0 Å². The van der Waals surface area contributed by atoms with Crippen molar-refractivity contribution in [2.75, 3.05) is 0 Å². The smallest absolute Gasteiger partial charge is 0.134 e. The summed E-state index contributed by atoms with van der Waals surface area (Å²) < 4.78 is 5.65. The first-order chi connectivity index (χ1) is 8.43. The van der Waals surface area contributed by atoms with Gasteiger partial charge in [0.1, 0.15) is 5.58 Å². The molecule has 1 aliphatic carbocycles. The van der Waals surface area contributed by atoms with Gasteiger partial charge in [-0.3, -0.25) is 0 Å². The van der Waals surface area contributed by atoms with Gasteiger partial charge in [-0.25, -0.2) is 0 Å². The van der Waals surface area contributed by atoms with Crippen molar-refractivity contribution in [1.29, 1.82) is 0 Å². The Morgan fingerprint density at radius 3 is 2.47 bits per heavy atom. The summed E-state index contributed by atoms with van der Waals surface area (Å²) in [6.45, 7) is 0. The molecule has 0 unspecified atom stereocenters. The van der Waals surface area contributed by atoms with Gasteiger partial charge in [0.05, 0.1) is 6.26 Å². The normalized spacial score (nSPS) is 11.5. The predicted octanol–water partition coefficient (Wildman–Crippen LogP) is 4.69. The van der Waals surface area contributed by atoms with Gasteiger partial charge < -0.3 is 4.42 Å². The number of para-hydroxylation sites is 1. The molecule has 0 saturated heterocycles. The summed E-state index contributed by atoms with van der Waals surface area (Å²) in [6.07, 6.45) is 1.84. The minimum absolute atomic E-state index is 0.941. The van der Waals surface area contributed by atoms with E-state index in [2.05, 4.69) is 42.5 Å². The summed E-state index contributed by atoms with van der Waals surface area (Å²) >= 11 is 0. The van der Waals surface area contributed by atoms with Crippen molar-refractivity contribution in [3.63, 3.8) is 0 Å². The van der Waals surface area contributed by atoms with E-state index in [9.17, 15) is 0 Å². The fraction of sp³-hybridized carbons (Fsp3) is 0. The van der Waals surface area contributed by atoms with Crippen LogP contribution in [0.1, 0.15) is 0 Å². The lowest BCUT2D eigenvalue weighted by Gasteiger charge is -2.04. The van der Waals surface area contributed by atoms with Gasteiger partial charge in [0, 0.05) is 16.5 Å². The van der Waals surface area contributed by atoms with Crippen LogP contribution in [0.15, 0.2) is 65.3 Å². The molecule has 0 aromatic heterocycles. The van der Waals surface area contributed by atoms with Crippen molar-refractivity contribution in [2.45, 2.75) is 0 Å². The third kappa shape index (κ3) is 1.14. The van der Waals surface area contributed by atoms with Crippen LogP contribution in [-0.2, 0) is 0 Å². The monoisotopic (exact) mass is 218 g/mol. The molecule has 4 rings (SSSR count). The first kappa shape index (κ1) is 8.82. The Labute approximate surface area is 98.6 Å². The van der Waals surface area contributed by atoms with Crippen LogP contribution < -0.4 is 0 Å². The molecule has 2 aromatic carbocycles. The first-order valence-electron chi connectivity index (χ1n) is 5.71. The van der Waals surface area contributed by atoms with Crippen LogP contribution >= 0.6 is 0 Å². The van der Waals surface area contributed by atoms with Crippen LogP contribution in [0.5, 0.6) is 0 Å². The van der Waals surface area contributed by atoms with Gasteiger partial charge in [-0.15, -0.1) is 0 Å². The number of hydrogen-bond donors (Lipinski definition) is 0. The van der Waals surface area contributed by atoms with E-state index < -0.39 is 0 Å². The highest BCUT2D eigenvalue weighted by atomic mass is 16.3. The Balaban J connectivity index is 2.33. The topological polar surface area (TPSA) is 13.1 Å². The molecule has 2 aromatic rings. The second-order valence-electron chi connectivity index (χ2n) is 4.29. The van der Waals surface area contributed by atoms with Gasteiger partial charge in [0.15, 0.2) is 0 Å². The van der Waals surface area contributed by atoms with E-state index in [0.29, 0.717) is 0 Å². The van der Waals surface area contributed by atoms with Gasteiger partial charge in [-0.05, 0) is 22.9 Å². The van der Waals surface area contributed by atoms with Crippen LogP contribution in [0, 0.1) is 0 Å². The van der Waals surface area contributed by atoms with Gasteiger partial charge >= 0.3 is 0 Å². The maximum atomic E-state index is 5.65. The Bertz CT molecular complexity index is 789. The van der Waals surface area contributed by atoms with Crippen LogP contribution in [0.4, 0.5) is 0 Å². The lowest BCUT2D eigenvalue weighted by molar-refractivity contribution is 0.606. The van der Waals surface area contributed by atoms with E-state index in [1.807, 2.05) is 18.4 Å². The van der Waals surface area contributed by atoms with Gasteiger partial charge in [-0.2, -0.15) is 0 Å². The fourth-order valence-corrected chi connectivity index (χ4v) is 2.54. The third-order valence-corrected chi connectivity index (χ3v) is 3.30. The van der Waals surface area contributed by atoms with Crippen LogP contribution in [0.25, 0.3) is 32.9 Å². The molecule has 17 heavy (non-hydrogen) atoms. The largest absolute Gasteiger partial charge is 0.464 e. The molecule has 0 fully saturated rings. The Morgan fingerprint density at radius 2 is 1.53 bits per heavy atom. The summed E-state index contributed by atoms with van der Waals surface area (Å²) in [5.41, 5.74) is 3.41.